The highest BCUT2D eigenvalue weighted by molar-refractivity contribution is 9.10. The van der Waals surface area contributed by atoms with Gasteiger partial charge >= 0.3 is 30.0 Å². The molecule has 0 unspecified atom stereocenters. The maximum absolute atomic E-state index is 12.9. The molecule has 34 heteroatoms. The molecule has 4 aliphatic rings. The third-order valence-corrected chi connectivity index (χ3v) is 17.8. The molecule has 3 amide bonds. The minimum Gasteiger partial charge on any atom is -0.454 e. The second kappa shape index (κ2) is 27.6. The first-order valence-corrected chi connectivity index (χ1v) is 30.2. The number of alkyl halides is 6. The summed E-state index contributed by atoms with van der Waals surface area (Å²) in [4.78, 5) is 88.8. The number of hydrogen-bond acceptors (Lipinski definition) is 21. The molecule has 10 rings (SSSR count). The quantitative estimate of drug-likeness (QED) is 0.0584. The molecule has 4 aromatic heterocycles. The number of fused-ring (bicyclic) bond motifs is 4. The van der Waals surface area contributed by atoms with Gasteiger partial charge in [-0.15, -0.1) is 0 Å². The number of ketones is 2. The Kier molecular flexibility index (Phi) is 21.0. The number of aryl methyl sites for hydroxylation is 2. The first-order valence-electron chi connectivity index (χ1n) is 27.0. The van der Waals surface area contributed by atoms with E-state index in [2.05, 4.69) is 66.2 Å². The van der Waals surface area contributed by atoms with E-state index in [1.54, 1.807) is 34.6 Å². The molecule has 2 atom stereocenters. The molecule has 2 fully saturated rings. The van der Waals surface area contributed by atoms with Crippen molar-refractivity contribution in [3.8, 4) is 23.0 Å². The highest BCUT2D eigenvalue weighted by atomic mass is 79.9. The summed E-state index contributed by atoms with van der Waals surface area (Å²) in [6, 6.07) is 6.57. The highest BCUT2D eigenvalue weighted by Gasteiger charge is 2.54. The summed E-state index contributed by atoms with van der Waals surface area (Å²) in [5, 5.41) is 4.18. The van der Waals surface area contributed by atoms with E-state index in [0.717, 1.165) is 92.9 Å². The lowest BCUT2D eigenvalue weighted by Gasteiger charge is -2.34. The molecule has 0 bridgehead atoms. The lowest BCUT2D eigenvalue weighted by Crippen LogP contribution is -2.50. The zero-order valence-electron chi connectivity index (χ0n) is 47.3. The van der Waals surface area contributed by atoms with E-state index in [1.165, 1.54) is 36.2 Å². The van der Waals surface area contributed by atoms with Crippen molar-refractivity contribution < 1.29 is 74.0 Å². The van der Waals surface area contributed by atoms with Crippen LogP contribution < -0.4 is 41.5 Å². The number of hydrogen-bond donors (Lipinski definition) is 4. The molecular weight excluding hydrogens is 1330 g/mol. The summed E-state index contributed by atoms with van der Waals surface area (Å²) in [5.74, 6) is -2.46. The molecule has 7 N–H and O–H groups in total. The van der Waals surface area contributed by atoms with Crippen molar-refractivity contribution in [1.82, 2.24) is 54.2 Å². The second-order valence-corrected chi connectivity index (χ2v) is 25.1. The van der Waals surface area contributed by atoms with Crippen LogP contribution in [0.5, 0.6) is 23.0 Å². The molecule has 0 saturated carbocycles. The zero-order valence-corrected chi connectivity index (χ0v) is 52.1. The topological polar surface area (TPSA) is 315 Å². The predicted octanol–water partition coefficient (Wildman–Crippen LogP) is 8.87. The number of alkyl carbamates (subject to hydrolysis) is 1. The molecule has 24 nitrogen and oxygen atoms in total. The number of benzene rings is 2. The molecule has 6 aromatic rings. The smallest absolute Gasteiger partial charge is 0.454 e. The van der Waals surface area contributed by atoms with Crippen molar-refractivity contribution in [3.63, 3.8) is 0 Å². The van der Waals surface area contributed by atoms with Gasteiger partial charge in [0.15, 0.2) is 67.3 Å². The molecule has 87 heavy (non-hydrogen) atoms. The number of nitrogens with zero attached hydrogens (tertiary/aromatic N) is 10. The third-order valence-electron chi connectivity index (χ3n) is 13.9. The SMILES string of the molecule is C[C@H](N)C(=O)N1CCC(CCn2c(Sc3cc4c(cc3Br)OCO4)nc3c(N)ncnc32)CC1.C[C@H](NC(=O)OC(C)(C)C)C(=O)N1CCC(CCn2c(Sc3cc4c(cc3Br)OCO4)nc3c(N)ncnc32)CC1.O=C(C(=O)C(F)(F)F)C(F)(F)F. The number of rotatable bonds is 14. The molecule has 2 saturated heterocycles. The Balaban J connectivity index is 0.000000192. The summed E-state index contributed by atoms with van der Waals surface area (Å²) in [5.41, 5.74) is 20.0. The van der Waals surface area contributed by atoms with Crippen molar-refractivity contribution >= 4 is 119 Å². The van der Waals surface area contributed by atoms with Crippen LogP contribution in [0.3, 0.4) is 0 Å². The largest absolute Gasteiger partial charge is 0.458 e. The van der Waals surface area contributed by atoms with Gasteiger partial charge in [-0.05, 0) is 141 Å². The van der Waals surface area contributed by atoms with Crippen LogP contribution in [0.1, 0.15) is 73.1 Å². The van der Waals surface area contributed by atoms with Crippen molar-refractivity contribution in [2.45, 2.75) is 136 Å². The van der Waals surface area contributed by atoms with Gasteiger partial charge in [0.1, 0.15) is 24.3 Å². The number of aromatic nitrogens is 8. The molecule has 0 spiro atoms. The van der Waals surface area contributed by atoms with Gasteiger partial charge in [-0.25, -0.2) is 34.7 Å². The molecule has 470 valence electrons. The summed E-state index contributed by atoms with van der Waals surface area (Å²) < 4.78 is 100. The number of nitrogen functional groups attached to an aromatic ring is 2. The Morgan fingerprint density at radius 3 is 1.39 bits per heavy atom. The van der Waals surface area contributed by atoms with Gasteiger partial charge in [-0.3, -0.25) is 19.2 Å². The van der Waals surface area contributed by atoms with Crippen LogP contribution in [0, 0.1) is 11.8 Å². The van der Waals surface area contributed by atoms with E-state index in [-0.39, 0.29) is 25.4 Å². The maximum Gasteiger partial charge on any atom is 0.458 e. The minimum absolute atomic E-state index is 0.0271. The van der Waals surface area contributed by atoms with Crippen molar-refractivity contribution in [1.29, 1.82) is 0 Å². The highest BCUT2D eigenvalue weighted by Crippen LogP contribution is 2.45. The van der Waals surface area contributed by atoms with E-state index < -0.39 is 47.7 Å². The predicted molar refractivity (Wildman–Crippen MR) is 311 cm³/mol. The Morgan fingerprint density at radius 1 is 0.644 bits per heavy atom. The van der Waals surface area contributed by atoms with E-state index >= 15 is 0 Å². The number of halogens is 8. The van der Waals surface area contributed by atoms with E-state index in [4.69, 9.17) is 50.9 Å². The number of carbonyl (C=O) groups is 5. The monoisotopic (exact) mass is 1390 g/mol. The Bertz CT molecular complexity index is 3520. The van der Waals surface area contributed by atoms with Gasteiger partial charge in [0.25, 0.3) is 0 Å². The first-order chi connectivity index (χ1) is 40.9. The molecule has 2 aromatic carbocycles. The van der Waals surface area contributed by atoms with Crippen molar-refractivity contribution in [2.75, 3.05) is 51.2 Å². The van der Waals surface area contributed by atoms with Gasteiger partial charge in [0, 0.05) is 58.0 Å². The van der Waals surface area contributed by atoms with Gasteiger partial charge in [-0.2, -0.15) is 26.3 Å². The summed E-state index contributed by atoms with van der Waals surface area (Å²) in [7, 11) is 0. The van der Waals surface area contributed by atoms with Crippen LogP contribution in [0.25, 0.3) is 22.3 Å². The molecule has 0 radical (unpaired) electrons. The first kappa shape index (κ1) is 66.1. The molecule has 0 aliphatic carbocycles. The summed E-state index contributed by atoms with van der Waals surface area (Å²) >= 11 is 10.3. The minimum atomic E-state index is -5.77. The fourth-order valence-corrected chi connectivity index (χ4v) is 12.5. The number of nitrogens with two attached hydrogens (primary N) is 3. The standard InChI is InChI=1S/C27H34BrN7O5S.C22H26BrN7O3S.C4F6O2/c1-15(32-26(37)40-27(2,3)4)24(36)34-8-5-16(6-9-34)7-10-35-23-21(22(29)30-13-31-23)33-25(35)41-20-12-19-18(11-17(20)28)38-14-39-19;1-12(24)21(31)29-5-2-13(3-6-29)4-7-30-20-18(19(25)26-10-27-20)28-22(30)34-17-9-16-15(8-14(17)23)32-11-33-16;5-3(6,7)1(11)2(12)4(8,9)10/h11-13,15-16H,5-10,14H2,1-4H3,(H,32,37)(H2,29,30,31);8-10,12-13H,2-7,11,24H2,1H3,(H2,25,26,27);/t15-;12-;/m00./s1. The fourth-order valence-electron chi connectivity index (χ4n) is 9.45. The average Bonchev–Trinajstić information content (AvgIpc) is 1.92. The van der Waals surface area contributed by atoms with Gasteiger partial charge in [0.2, 0.25) is 25.4 Å². The van der Waals surface area contributed by atoms with Crippen LogP contribution >= 0.6 is 55.4 Å². The van der Waals surface area contributed by atoms with Crippen LogP contribution in [-0.4, -0.2) is 148 Å². The number of anilines is 2. The van der Waals surface area contributed by atoms with Crippen LogP contribution in [0.15, 0.2) is 66.0 Å². The van der Waals surface area contributed by atoms with Crippen LogP contribution in [-0.2, 0) is 37.0 Å². The number of Topliss-reactive ketones (excluding diaryl/α,β-unsaturated/α-hetero) is 2. The maximum atomic E-state index is 12.9. The lowest BCUT2D eigenvalue weighted by atomic mass is 9.93. The van der Waals surface area contributed by atoms with E-state index in [1.807, 2.05) is 34.1 Å². The number of amides is 3. The third kappa shape index (κ3) is 16.6. The Morgan fingerprint density at radius 2 is 1.02 bits per heavy atom. The summed E-state index contributed by atoms with van der Waals surface area (Å²) in [6.45, 7) is 13.4. The number of nitrogens with one attached hydrogen (secondary N) is 1. The number of ether oxygens (including phenoxy) is 5. The number of imidazole rings is 2. The fraction of sp³-hybridized carbons (Fsp3) is 0.491. The number of piperidine rings is 2. The second-order valence-electron chi connectivity index (χ2n) is 21.4. The van der Waals surface area contributed by atoms with Crippen molar-refractivity contribution in [2.24, 2.45) is 17.6 Å². The van der Waals surface area contributed by atoms with E-state index in [9.17, 15) is 50.3 Å². The lowest BCUT2D eigenvalue weighted by molar-refractivity contribution is -0.193. The average molecular weight is 1390 g/mol. The Hall–Kier alpha value is -6.91. The number of carbonyl (C=O) groups excluding carboxylic acids is 5. The summed E-state index contributed by atoms with van der Waals surface area (Å²) in [6.07, 6.45) is -3.72. The number of likely N-dealkylation sites (tertiary alicyclic amines) is 2. The van der Waals surface area contributed by atoms with E-state index in [0.29, 0.717) is 82.8 Å². The normalized spacial score (nSPS) is 16.0. The molecule has 8 heterocycles. The molecule has 4 aliphatic heterocycles. The molecular formula is C53H60Br2F6N14O10S2. The van der Waals surface area contributed by atoms with Gasteiger partial charge < -0.3 is 65.1 Å². The van der Waals surface area contributed by atoms with Gasteiger partial charge in [0.05, 0.1) is 6.04 Å². The van der Waals surface area contributed by atoms with Gasteiger partial charge in [-0.1, -0.05) is 23.5 Å². The Labute approximate surface area is 518 Å². The van der Waals surface area contributed by atoms with Crippen LogP contribution in [0.4, 0.5) is 42.8 Å². The van der Waals surface area contributed by atoms with Crippen LogP contribution in [0.2, 0.25) is 0 Å². The van der Waals surface area contributed by atoms with Crippen molar-refractivity contribution in [3.05, 3.63) is 45.9 Å². The zero-order chi connectivity index (χ0) is 63.3.